The summed E-state index contributed by atoms with van der Waals surface area (Å²) >= 11 is 0. The van der Waals surface area contributed by atoms with E-state index in [1.165, 1.54) is 37.7 Å². The summed E-state index contributed by atoms with van der Waals surface area (Å²) in [7, 11) is 0. The van der Waals surface area contributed by atoms with Gasteiger partial charge in [0.1, 0.15) is 18.0 Å². The van der Waals surface area contributed by atoms with Gasteiger partial charge < -0.3 is 10.6 Å². The Morgan fingerprint density at radius 1 is 1.19 bits per heavy atom. The summed E-state index contributed by atoms with van der Waals surface area (Å²) < 4.78 is 0. The molecule has 0 saturated heterocycles. The van der Waals surface area contributed by atoms with Crippen molar-refractivity contribution in [3.63, 3.8) is 0 Å². The lowest BCUT2D eigenvalue weighted by Crippen LogP contribution is -2.23. The van der Waals surface area contributed by atoms with Crippen molar-refractivity contribution in [2.75, 3.05) is 17.2 Å². The highest BCUT2D eigenvalue weighted by atomic mass is 15.1. The smallest absolute Gasteiger partial charge is 0.135 e. The first-order chi connectivity index (χ1) is 7.93. The Bertz CT molecular complexity index is 371. The van der Waals surface area contributed by atoms with Crippen LogP contribution < -0.4 is 10.6 Å². The minimum atomic E-state index is 0.619. The molecule has 3 rings (SSSR count). The maximum absolute atomic E-state index is 4.38. The van der Waals surface area contributed by atoms with E-state index in [4.69, 9.17) is 0 Å². The maximum Gasteiger partial charge on any atom is 0.135 e. The molecule has 1 aliphatic heterocycles. The van der Waals surface area contributed by atoms with Gasteiger partial charge >= 0.3 is 0 Å². The highest BCUT2D eigenvalue weighted by Gasteiger charge is 2.19. The van der Waals surface area contributed by atoms with E-state index in [9.17, 15) is 0 Å². The van der Waals surface area contributed by atoms with Crippen molar-refractivity contribution in [1.82, 2.24) is 9.97 Å². The van der Waals surface area contributed by atoms with Crippen LogP contribution in [0.1, 0.15) is 37.7 Å². The lowest BCUT2D eigenvalue weighted by Gasteiger charge is -2.24. The Labute approximate surface area is 95.9 Å². The lowest BCUT2D eigenvalue weighted by atomic mass is 9.95. The first-order valence-corrected chi connectivity index (χ1v) is 6.28. The minimum Gasteiger partial charge on any atom is -0.369 e. The Morgan fingerprint density at radius 3 is 2.94 bits per heavy atom. The number of rotatable bonds is 2. The van der Waals surface area contributed by atoms with Crippen molar-refractivity contribution in [3.05, 3.63) is 11.9 Å². The van der Waals surface area contributed by atoms with E-state index in [1.807, 2.05) is 0 Å². The van der Waals surface area contributed by atoms with Gasteiger partial charge in [0.05, 0.1) is 0 Å². The van der Waals surface area contributed by atoms with E-state index >= 15 is 0 Å². The van der Waals surface area contributed by atoms with Crippen LogP contribution in [0.5, 0.6) is 0 Å². The van der Waals surface area contributed by atoms with Crippen molar-refractivity contribution in [2.45, 2.75) is 44.6 Å². The largest absolute Gasteiger partial charge is 0.369 e. The van der Waals surface area contributed by atoms with Crippen molar-refractivity contribution < 1.29 is 0 Å². The number of aromatic nitrogens is 2. The Balaban J connectivity index is 1.76. The van der Waals surface area contributed by atoms with Gasteiger partial charge in [-0.1, -0.05) is 19.3 Å². The van der Waals surface area contributed by atoms with Crippen LogP contribution in [-0.2, 0) is 6.42 Å². The van der Waals surface area contributed by atoms with Crippen LogP contribution >= 0.6 is 0 Å². The Kier molecular flexibility index (Phi) is 2.64. The molecule has 0 atom stereocenters. The second-order valence-electron chi connectivity index (χ2n) is 4.71. The monoisotopic (exact) mass is 218 g/mol. The van der Waals surface area contributed by atoms with Crippen molar-refractivity contribution in [1.29, 1.82) is 0 Å². The average molecular weight is 218 g/mol. The zero-order valence-electron chi connectivity index (χ0n) is 9.50. The zero-order chi connectivity index (χ0) is 10.8. The van der Waals surface area contributed by atoms with Crippen LogP contribution in [0.2, 0.25) is 0 Å². The molecule has 0 aromatic carbocycles. The fourth-order valence-corrected chi connectivity index (χ4v) is 2.67. The van der Waals surface area contributed by atoms with Gasteiger partial charge in [-0.15, -0.1) is 0 Å². The fraction of sp³-hybridized carbons (Fsp3) is 0.667. The normalized spacial score (nSPS) is 20.2. The van der Waals surface area contributed by atoms with Gasteiger partial charge in [-0.2, -0.15) is 0 Å². The lowest BCUT2D eigenvalue weighted by molar-refractivity contribution is 0.461. The van der Waals surface area contributed by atoms with E-state index in [0.29, 0.717) is 6.04 Å². The molecular formula is C12H18N4. The molecule has 16 heavy (non-hydrogen) atoms. The van der Waals surface area contributed by atoms with Gasteiger partial charge in [0.25, 0.3) is 0 Å². The summed E-state index contributed by atoms with van der Waals surface area (Å²) in [5.74, 6) is 2.08. The summed E-state index contributed by atoms with van der Waals surface area (Å²) in [5.41, 5.74) is 1.27. The summed E-state index contributed by atoms with van der Waals surface area (Å²) in [6.45, 7) is 0.993. The second kappa shape index (κ2) is 4.28. The number of nitrogens with zero attached hydrogens (tertiary/aromatic N) is 2. The highest BCUT2D eigenvalue weighted by molar-refractivity contribution is 5.60. The van der Waals surface area contributed by atoms with Crippen molar-refractivity contribution in [3.8, 4) is 0 Å². The molecule has 2 aliphatic rings. The van der Waals surface area contributed by atoms with E-state index < -0.39 is 0 Å². The molecule has 1 aliphatic carbocycles. The highest BCUT2D eigenvalue weighted by Crippen LogP contribution is 2.27. The third-order valence-corrected chi connectivity index (χ3v) is 3.56. The minimum absolute atomic E-state index is 0.619. The van der Waals surface area contributed by atoms with Gasteiger partial charge in [-0.05, 0) is 19.3 Å². The SMILES string of the molecule is c1nc2c(c(NC3CCCCC3)n1)CCN2. The predicted molar refractivity (Wildman–Crippen MR) is 64.7 cm³/mol. The van der Waals surface area contributed by atoms with Gasteiger partial charge in [0, 0.05) is 18.2 Å². The summed E-state index contributed by atoms with van der Waals surface area (Å²) in [4.78, 5) is 8.63. The molecule has 1 aromatic rings. The van der Waals surface area contributed by atoms with Gasteiger partial charge in [0.2, 0.25) is 0 Å². The van der Waals surface area contributed by atoms with Crippen LogP contribution in [-0.4, -0.2) is 22.6 Å². The number of hydrogen-bond acceptors (Lipinski definition) is 4. The van der Waals surface area contributed by atoms with Gasteiger partial charge in [-0.25, -0.2) is 9.97 Å². The zero-order valence-corrected chi connectivity index (χ0v) is 9.50. The molecule has 4 heteroatoms. The first kappa shape index (κ1) is 9.87. The van der Waals surface area contributed by atoms with Gasteiger partial charge in [0.15, 0.2) is 0 Å². The Hall–Kier alpha value is -1.32. The van der Waals surface area contributed by atoms with Gasteiger partial charge in [-0.3, -0.25) is 0 Å². The number of anilines is 2. The van der Waals surface area contributed by atoms with Crippen molar-refractivity contribution in [2.24, 2.45) is 0 Å². The second-order valence-corrected chi connectivity index (χ2v) is 4.71. The molecule has 2 N–H and O–H groups in total. The van der Waals surface area contributed by atoms with Crippen LogP contribution in [0, 0.1) is 0 Å². The first-order valence-electron chi connectivity index (χ1n) is 6.28. The predicted octanol–water partition coefficient (Wildman–Crippen LogP) is 2.19. The molecule has 1 saturated carbocycles. The molecule has 4 nitrogen and oxygen atoms in total. The molecular weight excluding hydrogens is 200 g/mol. The van der Waals surface area contributed by atoms with Crippen LogP contribution in [0.15, 0.2) is 6.33 Å². The quantitative estimate of drug-likeness (QED) is 0.799. The molecule has 2 heterocycles. The van der Waals surface area contributed by atoms with Crippen molar-refractivity contribution >= 4 is 11.6 Å². The molecule has 86 valence electrons. The molecule has 0 spiro atoms. The van der Waals surface area contributed by atoms with Crippen LogP contribution in [0.4, 0.5) is 11.6 Å². The summed E-state index contributed by atoms with van der Waals surface area (Å²) in [6.07, 6.45) is 9.36. The number of hydrogen-bond donors (Lipinski definition) is 2. The van der Waals surface area contributed by atoms with E-state index in [1.54, 1.807) is 6.33 Å². The number of nitrogens with one attached hydrogen (secondary N) is 2. The summed E-state index contributed by atoms with van der Waals surface area (Å²) in [5, 5.41) is 6.88. The summed E-state index contributed by atoms with van der Waals surface area (Å²) in [6, 6.07) is 0.619. The average Bonchev–Trinajstić information content (AvgIpc) is 2.80. The van der Waals surface area contributed by atoms with E-state index in [0.717, 1.165) is 24.6 Å². The van der Waals surface area contributed by atoms with E-state index in [-0.39, 0.29) is 0 Å². The van der Waals surface area contributed by atoms with Crippen LogP contribution in [0.25, 0.3) is 0 Å². The molecule has 0 unspecified atom stereocenters. The molecule has 0 radical (unpaired) electrons. The third kappa shape index (κ3) is 1.84. The molecule has 0 bridgehead atoms. The van der Waals surface area contributed by atoms with E-state index in [2.05, 4.69) is 20.6 Å². The maximum atomic E-state index is 4.38. The number of fused-ring (bicyclic) bond motifs is 1. The molecule has 1 fully saturated rings. The Morgan fingerprint density at radius 2 is 2.06 bits per heavy atom. The molecule has 1 aromatic heterocycles. The molecule has 0 amide bonds. The standard InChI is InChI=1S/C12H18N4/c1-2-4-9(5-3-1)16-12-10-6-7-13-11(10)14-8-15-12/h8-9H,1-7H2,(H2,13,14,15,16). The fourth-order valence-electron chi connectivity index (χ4n) is 2.67. The van der Waals surface area contributed by atoms with Crippen LogP contribution in [0.3, 0.4) is 0 Å². The topological polar surface area (TPSA) is 49.8 Å². The third-order valence-electron chi connectivity index (χ3n) is 3.56.